The van der Waals surface area contributed by atoms with Gasteiger partial charge in [0, 0.05) is 37.3 Å². The second-order valence-corrected chi connectivity index (χ2v) is 11.2. The Morgan fingerprint density at radius 1 is 0.867 bits per heavy atom. The number of ether oxygens (including phenoxy) is 3. The number of hydrogen-bond donors (Lipinski definition) is 1. The van der Waals surface area contributed by atoms with E-state index in [2.05, 4.69) is 71.0 Å². The molecule has 0 bridgehead atoms. The molecule has 45 heavy (non-hydrogen) atoms. The number of carbonyl (C=O) groups excluding carboxylic acids is 1. The number of fused-ring (bicyclic) bond motifs is 1. The molecule has 8 nitrogen and oxygen atoms in total. The maximum absolute atomic E-state index is 12.0. The average Bonchev–Trinajstić information content (AvgIpc) is 3.68. The van der Waals surface area contributed by atoms with Gasteiger partial charge in [0.2, 0.25) is 6.79 Å². The summed E-state index contributed by atoms with van der Waals surface area (Å²) in [5, 5.41) is 0. The summed E-state index contributed by atoms with van der Waals surface area (Å²) >= 11 is 0. The molecule has 2 N–H and O–H groups in total. The van der Waals surface area contributed by atoms with Crippen molar-refractivity contribution < 1.29 is 19.0 Å². The van der Waals surface area contributed by atoms with Gasteiger partial charge in [-0.25, -0.2) is 4.98 Å². The lowest BCUT2D eigenvalue weighted by molar-refractivity contribution is 0.0997. The molecule has 230 valence electrons. The Morgan fingerprint density at radius 3 is 2.22 bits per heavy atom. The molecule has 8 heteroatoms. The molecule has 5 aromatic rings. The van der Waals surface area contributed by atoms with Crippen LogP contribution in [0.3, 0.4) is 0 Å². The molecule has 0 radical (unpaired) electrons. The van der Waals surface area contributed by atoms with Gasteiger partial charge in [0.25, 0.3) is 5.91 Å². The molecule has 0 spiro atoms. The molecule has 0 saturated heterocycles. The highest BCUT2D eigenvalue weighted by molar-refractivity contribution is 5.95. The fraction of sp³-hybridized carbons (Fsp3) is 0.243. The van der Waals surface area contributed by atoms with E-state index in [4.69, 9.17) is 24.9 Å². The highest BCUT2D eigenvalue weighted by Crippen LogP contribution is 2.35. The predicted octanol–water partition coefficient (Wildman–Crippen LogP) is 7.06. The van der Waals surface area contributed by atoms with Crippen molar-refractivity contribution >= 4 is 5.91 Å². The number of primary amides is 1. The summed E-state index contributed by atoms with van der Waals surface area (Å²) in [6.07, 6.45) is 2.10. The molecular formula is C37H38N4O4. The first-order valence-corrected chi connectivity index (χ1v) is 15.3. The van der Waals surface area contributed by atoms with Crippen molar-refractivity contribution in [3.63, 3.8) is 0 Å². The standard InChI is InChI=1S/C37H38N4O4/c1-3-4-19-41-31(35(28-11-7-5-8-12-28)39-37(41)29-13-9-6-10-14-29)24-40(23-27-16-18-32-34(21-27)45-25-44-32)22-26-15-17-30(36(38)42)33(20-26)43-2/h5-18,20-21H,3-4,19,22-25H2,1-2H3,(H2,38,42). The third kappa shape index (κ3) is 6.71. The van der Waals surface area contributed by atoms with E-state index in [1.165, 1.54) is 0 Å². The van der Waals surface area contributed by atoms with Crippen LogP contribution in [0.5, 0.6) is 17.2 Å². The van der Waals surface area contributed by atoms with Crippen molar-refractivity contribution in [1.82, 2.24) is 14.5 Å². The summed E-state index contributed by atoms with van der Waals surface area (Å²) < 4.78 is 19.2. The minimum Gasteiger partial charge on any atom is -0.496 e. The third-order valence-electron chi connectivity index (χ3n) is 8.04. The monoisotopic (exact) mass is 602 g/mol. The van der Waals surface area contributed by atoms with E-state index in [0.29, 0.717) is 30.9 Å². The van der Waals surface area contributed by atoms with Crippen molar-refractivity contribution in [2.45, 2.75) is 45.9 Å². The van der Waals surface area contributed by atoms with Crippen molar-refractivity contribution in [3.05, 3.63) is 119 Å². The lowest BCUT2D eigenvalue weighted by Gasteiger charge is -2.25. The third-order valence-corrected chi connectivity index (χ3v) is 8.04. The molecule has 0 aliphatic carbocycles. The first-order valence-electron chi connectivity index (χ1n) is 15.3. The van der Waals surface area contributed by atoms with Crippen molar-refractivity contribution in [2.24, 2.45) is 5.73 Å². The molecule has 0 saturated carbocycles. The Bertz CT molecular complexity index is 1770. The lowest BCUT2D eigenvalue weighted by atomic mass is 10.1. The summed E-state index contributed by atoms with van der Waals surface area (Å²) in [6, 6.07) is 32.5. The summed E-state index contributed by atoms with van der Waals surface area (Å²) in [4.78, 5) is 19.7. The number of methoxy groups -OCH3 is 1. The number of benzene rings is 4. The second-order valence-electron chi connectivity index (χ2n) is 11.2. The van der Waals surface area contributed by atoms with E-state index >= 15 is 0 Å². The van der Waals surface area contributed by atoms with Gasteiger partial charge in [-0.05, 0) is 41.8 Å². The number of rotatable bonds is 13. The molecule has 0 fully saturated rings. The van der Waals surface area contributed by atoms with Crippen LogP contribution in [-0.2, 0) is 26.2 Å². The minimum atomic E-state index is -0.517. The Labute approximate surface area is 264 Å². The van der Waals surface area contributed by atoms with Gasteiger partial charge >= 0.3 is 0 Å². The Morgan fingerprint density at radius 2 is 1.53 bits per heavy atom. The molecule has 4 aromatic carbocycles. The summed E-state index contributed by atoms with van der Waals surface area (Å²) in [7, 11) is 1.56. The lowest BCUT2D eigenvalue weighted by Crippen LogP contribution is -2.25. The SMILES string of the molecule is CCCCn1c(-c2ccccc2)nc(-c2ccccc2)c1CN(Cc1ccc2c(c1)OCO2)Cc1ccc(C(N)=O)c(OC)c1. The van der Waals surface area contributed by atoms with Crippen LogP contribution < -0.4 is 19.9 Å². The fourth-order valence-electron chi connectivity index (χ4n) is 5.81. The number of carbonyl (C=O) groups is 1. The van der Waals surface area contributed by atoms with Crippen molar-refractivity contribution in [3.8, 4) is 39.9 Å². The number of aromatic nitrogens is 2. The second kappa shape index (κ2) is 13.7. The van der Waals surface area contributed by atoms with Gasteiger partial charge in [-0.3, -0.25) is 9.69 Å². The van der Waals surface area contributed by atoms with Crippen LogP contribution in [0.25, 0.3) is 22.6 Å². The van der Waals surface area contributed by atoms with Gasteiger partial charge in [0.1, 0.15) is 11.6 Å². The smallest absolute Gasteiger partial charge is 0.252 e. The average molecular weight is 603 g/mol. The van der Waals surface area contributed by atoms with E-state index in [-0.39, 0.29) is 6.79 Å². The number of unbranched alkanes of at least 4 members (excludes halogenated alkanes) is 1. The molecule has 0 atom stereocenters. The predicted molar refractivity (Wildman–Crippen MR) is 175 cm³/mol. The van der Waals surface area contributed by atoms with Crippen LogP contribution in [0.15, 0.2) is 97.1 Å². The number of hydrogen-bond acceptors (Lipinski definition) is 6. The number of nitrogens with two attached hydrogens (primary N) is 1. The van der Waals surface area contributed by atoms with E-state index in [9.17, 15) is 4.79 Å². The van der Waals surface area contributed by atoms with Crippen molar-refractivity contribution in [2.75, 3.05) is 13.9 Å². The first kappa shape index (κ1) is 30.0. The van der Waals surface area contributed by atoms with Gasteiger partial charge in [-0.1, -0.05) is 86.1 Å². The van der Waals surface area contributed by atoms with Gasteiger partial charge in [0.15, 0.2) is 11.5 Å². The molecule has 1 aliphatic rings. The van der Waals surface area contributed by atoms with Gasteiger partial charge in [0.05, 0.1) is 24.1 Å². The van der Waals surface area contributed by atoms with Crippen LogP contribution in [0.4, 0.5) is 0 Å². The maximum Gasteiger partial charge on any atom is 0.252 e. The van der Waals surface area contributed by atoms with E-state index < -0.39 is 5.91 Å². The number of amides is 1. The van der Waals surface area contributed by atoms with Crippen molar-refractivity contribution in [1.29, 1.82) is 0 Å². The molecular weight excluding hydrogens is 564 g/mol. The maximum atomic E-state index is 12.0. The summed E-state index contributed by atoms with van der Waals surface area (Å²) in [6.45, 7) is 5.17. The number of nitrogens with zero attached hydrogens (tertiary/aromatic N) is 3. The zero-order valence-corrected chi connectivity index (χ0v) is 25.7. The zero-order chi connectivity index (χ0) is 31.2. The highest BCUT2D eigenvalue weighted by atomic mass is 16.7. The van der Waals surface area contributed by atoms with Crippen LogP contribution in [0.2, 0.25) is 0 Å². The molecule has 1 aromatic heterocycles. The molecule has 0 unspecified atom stereocenters. The normalized spacial score (nSPS) is 12.1. The van der Waals surface area contributed by atoms with Gasteiger partial charge in [-0.15, -0.1) is 0 Å². The van der Waals surface area contributed by atoms with E-state index in [0.717, 1.165) is 70.4 Å². The first-order chi connectivity index (χ1) is 22.0. The van der Waals surface area contributed by atoms with Crippen LogP contribution in [0.1, 0.15) is 46.9 Å². The molecule has 1 amide bonds. The largest absolute Gasteiger partial charge is 0.496 e. The van der Waals surface area contributed by atoms with Crippen LogP contribution in [-0.4, -0.2) is 34.3 Å². The molecule has 6 rings (SSSR count). The fourth-order valence-corrected chi connectivity index (χ4v) is 5.81. The van der Waals surface area contributed by atoms with E-state index in [1.807, 2.05) is 36.4 Å². The van der Waals surface area contributed by atoms with E-state index in [1.54, 1.807) is 13.2 Å². The quantitative estimate of drug-likeness (QED) is 0.155. The minimum absolute atomic E-state index is 0.230. The Kier molecular flexibility index (Phi) is 9.12. The highest BCUT2D eigenvalue weighted by Gasteiger charge is 2.23. The summed E-state index contributed by atoms with van der Waals surface area (Å²) in [5.41, 5.74) is 12.4. The Balaban J connectivity index is 1.45. The van der Waals surface area contributed by atoms with Crippen LogP contribution >= 0.6 is 0 Å². The van der Waals surface area contributed by atoms with Crippen LogP contribution in [0, 0.1) is 0 Å². The molecule has 2 heterocycles. The topological polar surface area (TPSA) is 91.8 Å². The summed E-state index contributed by atoms with van der Waals surface area (Å²) in [5.74, 6) is 2.43. The van der Waals surface area contributed by atoms with Gasteiger partial charge < -0.3 is 24.5 Å². The zero-order valence-electron chi connectivity index (χ0n) is 25.7. The Hall–Kier alpha value is -5.08. The number of imidazole rings is 1. The molecule has 1 aliphatic heterocycles. The van der Waals surface area contributed by atoms with Gasteiger partial charge in [-0.2, -0.15) is 0 Å².